The molecule has 6 nitrogen and oxygen atoms in total. The van der Waals surface area contributed by atoms with Crippen LogP contribution in [0, 0.1) is 0 Å². The Hall–Kier alpha value is -1.31. The molecule has 0 unspecified atom stereocenters. The van der Waals surface area contributed by atoms with E-state index in [0.29, 0.717) is 11.4 Å². The lowest BCUT2D eigenvalue weighted by Gasteiger charge is -2.36. The maximum absolute atomic E-state index is 12.2. The molecule has 0 saturated carbocycles. The molecule has 0 aliphatic heterocycles. The van der Waals surface area contributed by atoms with Crippen molar-refractivity contribution in [1.82, 2.24) is 4.31 Å². The van der Waals surface area contributed by atoms with Gasteiger partial charge >= 0.3 is 0 Å². The molecule has 1 rings (SSSR count). The highest BCUT2D eigenvalue weighted by Gasteiger charge is 2.26. The number of aliphatic hydroxyl groups excluding tert-OH is 1. The smallest absolute Gasteiger partial charge is 0.242 e. The zero-order valence-electron chi connectivity index (χ0n) is 12.6. The zero-order chi connectivity index (χ0) is 15.7. The molecule has 0 aromatic heterocycles. The minimum atomic E-state index is -3.51. The Morgan fingerprint density at radius 2 is 1.80 bits per heavy atom. The Bertz CT molecular complexity index is 583. The lowest BCUT2D eigenvalue weighted by Crippen LogP contribution is -2.44. The molecule has 0 spiro atoms. The summed E-state index contributed by atoms with van der Waals surface area (Å²) in [5.74, 6) is 0. The third-order valence-corrected chi connectivity index (χ3v) is 5.25. The Morgan fingerprint density at radius 1 is 1.25 bits per heavy atom. The van der Waals surface area contributed by atoms with E-state index in [1.54, 1.807) is 18.0 Å². The number of sulfonamides is 1. The minimum absolute atomic E-state index is 0.0758. The molecule has 20 heavy (non-hydrogen) atoms. The van der Waals surface area contributed by atoms with Crippen LogP contribution in [0.3, 0.4) is 0 Å². The van der Waals surface area contributed by atoms with Crippen LogP contribution in [-0.4, -0.2) is 51.1 Å². The van der Waals surface area contributed by atoms with Crippen LogP contribution in [0.5, 0.6) is 0 Å². The summed E-state index contributed by atoms with van der Waals surface area (Å²) in [6, 6.07) is 4.58. The fraction of sp³-hybridized carbons (Fsp3) is 0.538. The van der Waals surface area contributed by atoms with Gasteiger partial charge in [0, 0.05) is 21.1 Å². The monoisotopic (exact) mass is 301 g/mol. The lowest BCUT2D eigenvalue weighted by atomic mass is 10.0. The second-order valence-corrected chi connectivity index (χ2v) is 7.69. The van der Waals surface area contributed by atoms with Crippen LogP contribution in [0.25, 0.3) is 0 Å². The second-order valence-electron chi connectivity index (χ2n) is 5.54. The van der Waals surface area contributed by atoms with Crippen LogP contribution in [0.15, 0.2) is 23.1 Å². The van der Waals surface area contributed by atoms with Crippen LogP contribution < -0.4 is 10.6 Å². The minimum Gasteiger partial charge on any atom is -0.397 e. The molecular weight excluding hydrogens is 278 g/mol. The SMILES string of the molecule is CN(c1cc(S(=O)(=O)N(C)C)ccc1N)C(C)(C)CO. The maximum atomic E-state index is 12.2. The van der Waals surface area contributed by atoms with Crippen LogP contribution in [-0.2, 0) is 10.0 Å². The van der Waals surface area contributed by atoms with Gasteiger partial charge in [0.25, 0.3) is 0 Å². The molecule has 3 N–H and O–H groups in total. The van der Waals surface area contributed by atoms with E-state index in [1.807, 2.05) is 13.8 Å². The number of nitrogens with zero attached hydrogens (tertiary/aromatic N) is 2. The van der Waals surface area contributed by atoms with E-state index in [-0.39, 0.29) is 11.5 Å². The summed E-state index contributed by atoms with van der Waals surface area (Å²) in [5, 5.41) is 9.43. The predicted octanol–water partition coefficient (Wildman–Crippen LogP) is 0.726. The van der Waals surface area contributed by atoms with E-state index < -0.39 is 15.6 Å². The van der Waals surface area contributed by atoms with E-state index in [2.05, 4.69) is 0 Å². The van der Waals surface area contributed by atoms with Gasteiger partial charge in [0.2, 0.25) is 10.0 Å². The van der Waals surface area contributed by atoms with Gasteiger partial charge in [-0.25, -0.2) is 12.7 Å². The number of anilines is 2. The molecule has 7 heteroatoms. The number of hydrogen-bond donors (Lipinski definition) is 2. The average Bonchev–Trinajstić information content (AvgIpc) is 2.37. The van der Waals surface area contributed by atoms with E-state index in [9.17, 15) is 13.5 Å². The van der Waals surface area contributed by atoms with Crippen molar-refractivity contribution >= 4 is 21.4 Å². The summed E-state index contributed by atoms with van der Waals surface area (Å²) in [5.41, 5.74) is 6.42. The summed E-state index contributed by atoms with van der Waals surface area (Å²) in [6.45, 7) is 3.62. The fourth-order valence-corrected chi connectivity index (χ4v) is 2.54. The summed E-state index contributed by atoms with van der Waals surface area (Å²) in [6.07, 6.45) is 0. The van der Waals surface area contributed by atoms with Gasteiger partial charge in [-0.2, -0.15) is 0 Å². The van der Waals surface area contributed by atoms with Crippen molar-refractivity contribution in [3.05, 3.63) is 18.2 Å². The van der Waals surface area contributed by atoms with Gasteiger partial charge in [-0.1, -0.05) is 0 Å². The number of benzene rings is 1. The van der Waals surface area contributed by atoms with Gasteiger partial charge in [0.15, 0.2) is 0 Å². The summed E-state index contributed by atoms with van der Waals surface area (Å²) in [4.78, 5) is 1.95. The first kappa shape index (κ1) is 16.7. The van der Waals surface area contributed by atoms with Gasteiger partial charge in [-0.05, 0) is 32.0 Å². The Labute approximate surface area is 120 Å². The molecule has 0 heterocycles. The van der Waals surface area contributed by atoms with Crippen molar-refractivity contribution in [2.24, 2.45) is 0 Å². The highest BCUT2D eigenvalue weighted by molar-refractivity contribution is 7.89. The number of nitrogen functional groups attached to an aromatic ring is 1. The van der Waals surface area contributed by atoms with Crippen molar-refractivity contribution in [3.63, 3.8) is 0 Å². The maximum Gasteiger partial charge on any atom is 0.242 e. The number of hydrogen-bond acceptors (Lipinski definition) is 5. The zero-order valence-corrected chi connectivity index (χ0v) is 13.4. The van der Waals surface area contributed by atoms with E-state index in [4.69, 9.17) is 5.73 Å². The normalized spacial score (nSPS) is 12.8. The standard InChI is InChI=1S/C13H23N3O3S/c1-13(2,9-17)16(5)12-8-10(6-7-11(12)14)20(18,19)15(3)4/h6-8,17H,9,14H2,1-5H3. The van der Waals surface area contributed by atoms with Crippen LogP contribution in [0.4, 0.5) is 11.4 Å². The van der Waals surface area contributed by atoms with Crippen molar-refractivity contribution in [1.29, 1.82) is 0 Å². The number of likely N-dealkylation sites (N-methyl/N-ethyl adjacent to an activating group) is 1. The van der Waals surface area contributed by atoms with Crippen LogP contribution in [0.2, 0.25) is 0 Å². The molecule has 1 aromatic rings. The molecule has 0 saturated heterocycles. The molecule has 0 radical (unpaired) electrons. The molecule has 0 amide bonds. The van der Waals surface area contributed by atoms with Crippen LogP contribution in [0.1, 0.15) is 13.8 Å². The molecule has 0 fully saturated rings. The van der Waals surface area contributed by atoms with E-state index >= 15 is 0 Å². The van der Waals surface area contributed by atoms with Gasteiger partial charge in [0.05, 0.1) is 28.4 Å². The summed E-state index contributed by atoms with van der Waals surface area (Å²) < 4.78 is 25.5. The highest BCUT2D eigenvalue weighted by atomic mass is 32.2. The number of aliphatic hydroxyl groups is 1. The third-order valence-electron chi connectivity index (χ3n) is 3.44. The number of nitrogens with two attached hydrogens (primary N) is 1. The highest BCUT2D eigenvalue weighted by Crippen LogP contribution is 2.31. The van der Waals surface area contributed by atoms with Gasteiger partial charge < -0.3 is 15.7 Å². The molecule has 1 aromatic carbocycles. The molecule has 0 atom stereocenters. The first-order valence-corrected chi connectivity index (χ1v) is 7.65. The Morgan fingerprint density at radius 3 is 2.25 bits per heavy atom. The van der Waals surface area contributed by atoms with Crippen molar-refractivity contribution in [2.75, 3.05) is 38.4 Å². The largest absolute Gasteiger partial charge is 0.397 e. The molecule has 0 aliphatic carbocycles. The van der Waals surface area contributed by atoms with Crippen molar-refractivity contribution < 1.29 is 13.5 Å². The first-order valence-electron chi connectivity index (χ1n) is 6.21. The first-order chi connectivity index (χ1) is 9.04. The van der Waals surface area contributed by atoms with Crippen molar-refractivity contribution in [2.45, 2.75) is 24.3 Å². The Kier molecular flexibility index (Phi) is 4.68. The molecule has 0 bridgehead atoms. The topological polar surface area (TPSA) is 86.9 Å². The summed E-state index contributed by atoms with van der Waals surface area (Å²) in [7, 11) is 1.22. The number of rotatable bonds is 5. The average molecular weight is 301 g/mol. The molecular formula is C13H23N3O3S. The second kappa shape index (κ2) is 5.59. The fourth-order valence-electron chi connectivity index (χ4n) is 1.62. The lowest BCUT2D eigenvalue weighted by molar-refractivity contribution is 0.216. The summed E-state index contributed by atoms with van der Waals surface area (Å²) >= 11 is 0. The molecule has 114 valence electrons. The van der Waals surface area contributed by atoms with E-state index in [0.717, 1.165) is 4.31 Å². The quantitative estimate of drug-likeness (QED) is 0.783. The Balaban J connectivity index is 3.37. The van der Waals surface area contributed by atoms with Crippen LogP contribution >= 0.6 is 0 Å². The van der Waals surface area contributed by atoms with Gasteiger partial charge in [0.1, 0.15) is 0 Å². The van der Waals surface area contributed by atoms with Gasteiger partial charge in [-0.15, -0.1) is 0 Å². The van der Waals surface area contributed by atoms with Crippen molar-refractivity contribution in [3.8, 4) is 0 Å². The molecule has 0 aliphatic rings. The van der Waals surface area contributed by atoms with E-state index in [1.165, 1.54) is 26.2 Å². The van der Waals surface area contributed by atoms with Gasteiger partial charge in [-0.3, -0.25) is 0 Å². The predicted molar refractivity (Wildman–Crippen MR) is 81.3 cm³/mol. The third kappa shape index (κ3) is 3.05.